The molecule has 0 fully saturated rings. The van der Waals surface area contributed by atoms with Crippen molar-refractivity contribution in [2.24, 2.45) is 10.9 Å². The van der Waals surface area contributed by atoms with Gasteiger partial charge in [-0.15, -0.1) is 0 Å². The van der Waals surface area contributed by atoms with Crippen LogP contribution in [0.3, 0.4) is 0 Å². The molecule has 1 heterocycles. The Labute approximate surface area is 177 Å². The third-order valence-corrected chi connectivity index (χ3v) is 4.09. The van der Waals surface area contributed by atoms with Gasteiger partial charge in [-0.05, 0) is 44.4 Å². The van der Waals surface area contributed by atoms with Crippen molar-refractivity contribution in [3.8, 4) is 0 Å². The molecule has 1 nitrogen and oxygen atoms in total. The van der Waals surface area contributed by atoms with Gasteiger partial charge in [0.05, 0.1) is 11.4 Å². The number of allylic oxidation sites excluding steroid dienone is 10. The molecule has 1 aliphatic heterocycles. The summed E-state index contributed by atoms with van der Waals surface area (Å²) in [6.07, 6.45) is 19.4. The zero-order chi connectivity index (χ0) is 14.8. The normalized spacial score (nSPS) is 19.6. The fraction of sp³-hybridized carbons (Fsp3) is 0.350. The minimum Gasteiger partial charge on any atom is -1.00 e. The predicted octanol–water partition coefficient (Wildman–Crippen LogP) is -0.534. The summed E-state index contributed by atoms with van der Waals surface area (Å²) in [5.74, 6) is 0.384. The van der Waals surface area contributed by atoms with Crippen LogP contribution in [0.15, 0.2) is 75.5 Å². The number of rotatable bonds is 5. The quantitative estimate of drug-likeness (QED) is 0.546. The molecular weight excluding hydrogens is 416 g/mol. The molecule has 24 heavy (non-hydrogen) atoms. The Morgan fingerprint density at radius 3 is 2.62 bits per heavy atom. The van der Waals surface area contributed by atoms with Gasteiger partial charge >= 0.3 is 26.2 Å². The van der Waals surface area contributed by atoms with Gasteiger partial charge in [0, 0.05) is 11.5 Å². The van der Waals surface area contributed by atoms with E-state index in [4.69, 9.17) is 4.99 Å². The Morgan fingerprint density at radius 2 is 1.96 bits per heavy atom. The molecule has 0 N–H and O–H groups in total. The largest absolute Gasteiger partial charge is 2.00 e. The van der Waals surface area contributed by atoms with E-state index >= 15 is 0 Å². The van der Waals surface area contributed by atoms with Gasteiger partial charge in [0.15, 0.2) is 0 Å². The van der Waals surface area contributed by atoms with Crippen LogP contribution in [0.1, 0.15) is 40.0 Å². The minimum atomic E-state index is 0. The zero-order valence-corrected chi connectivity index (χ0v) is 18.4. The average molecular weight is 440 g/mol. The molecule has 0 aromatic heterocycles. The first-order chi connectivity index (χ1) is 10.2. The van der Waals surface area contributed by atoms with Crippen molar-refractivity contribution in [2.75, 3.05) is 0 Å². The molecule has 1 atom stereocenters. The molecule has 0 aromatic carbocycles. The number of halogens is 2. The van der Waals surface area contributed by atoms with E-state index < -0.39 is 0 Å². The van der Waals surface area contributed by atoms with Crippen LogP contribution in [0.5, 0.6) is 0 Å². The smallest absolute Gasteiger partial charge is 1.00 e. The van der Waals surface area contributed by atoms with E-state index in [-0.39, 0.29) is 51.0 Å². The van der Waals surface area contributed by atoms with Crippen molar-refractivity contribution in [1.29, 1.82) is 0 Å². The van der Waals surface area contributed by atoms with E-state index in [9.17, 15) is 0 Å². The zero-order valence-electron chi connectivity index (χ0n) is 14.4. The summed E-state index contributed by atoms with van der Waals surface area (Å²) in [4.78, 5) is 4.81. The van der Waals surface area contributed by atoms with Crippen molar-refractivity contribution >= 4 is 5.71 Å². The van der Waals surface area contributed by atoms with Crippen LogP contribution in [0.25, 0.3) is 0 Å². The van der Waals surface area contributed by atoms with Crippen LogP contribution in [0, 0.1) is 5.92 Å². The summed E-state index contributed by atoms with van der Waals surface area (Å²) in [6, 6.07) is 0. The first-order valence-corrected chi connectivity index (χ1v) is 7.95. The van der Waals surface area contributed by atoms with Gasteiger partial charge in [0.1, 0.15) is 0 Å². The SMILES string of the molecule is CCCCC1=CC(C2=C3C=CC=C3N=C2C=C(C)C)C=C1.[Cl-].[Cl-].[Zr+2]. The molecule has 0 spiro atoms. The van der Waals surface area contributed by atoms with Crippen molar-refractivity contribution in [2.45, 2.75) is 40.0 Å². The van der Waals surface area contributed by atoms with Crippen LogP contribution in [0.4, 0.5) is 0 Å². The summed E-state index contributed by atoms with van der Waals surface area (Å²) in [5.41, 5.74) is 7.73. The molecular formula is C20H23Cl2NZr. The predicted molar refractivity (Wildman–Crippen MR) is 91.4 cm³/mol. The fourth-order valence-electron chi connectivity index (χ4n) is 3.09. The van der Waals surface area contributed by atoms with E-state index in [1.54, 1.807) is 0 Å². The number of unbranched alkanes of at least 4 members (excludes halogenated alkanes) is 1. The van der Waals surface area contributed by atoms with Gasteiger partial charge in [-0.25, -0.2) is 4.99 Å². The van der Waals surface area contributed by atoms with Crippen molar-refractivity contribution in [1.82, 2.24) is 0 Å². The number of hydrogen-bond donors (Lipinski definition) is 0. The summed E-state index contributed by atoms with van der Waals surface area (Å²) >= 11 is 0. The first-order valence-electron chi connectivity index (χ1n) is 7.95. The molecule has 0 aromatic rings. The maximum absolute atomic E-state index is 4.81. The van der Waals surface area contributed by atoms with Gasteiger partial charge in [0.2, 0.25) is 0 Å². The second-order valence-electron chi connectivity index (χ2n) is 6.19. The molecule has 0 amide bonds. The van der Waals surface area contributed by atoms with Gasteiger partial charge in [-0.3, -0.25) is 0 Å². The standard InChI is InChI=1S/C20H23N.2ClH.Zr/c1-4-5-7-15-10-11-16(13-15)20-17-8-6-9-18(17)21-19(20)12-14(2)3;;;/h6,8-13,16H,4-5,7H2,1-3H3;2*1H;/q;;;+2/p-2. The Bertz CT molecular complexity index is 672. The number of nitrogens with zero attached hydrogens (tertiary/aromatic N) is 1. The van der Waals surface area contributed by atoms with Crippen LogP contribution >= 0.6 is 0 Å². The van der Waals surface area contributed by atoms with E-state index in [0.717, 1.165) is 11.4 Å². The van der Waals surface area contributed by atoms with E-state index in [2.05, 4.69) is 63.3 Å². The van der Waals surface area contributed by atoms with Gasteiger partial charge in [-0.1, -0.05) is 54.9 Å². The van der Waals surface area contributed by atoms with Crippen LogP contribution in [0.2, 0.25) is 0 Å². The van der Waals surface area contributed by atoms with Gasteiger partial charge in [0.25, 0.3) is 0 Å². The Kier molecular flexibility index (Phi) is 10.4. The summed E-state index contributed by atoms with van der Waals surface area (Å²) < 4.78 is 0. The molecule has 0 bridgehead atoms. The molecule has 2 aliphatic carbocycles. The monoisotopic (exact) mass is 437 g/mol. The molecule has 1 unspecified atom stereocenters. The maximum atomic E-state index is 4.81. The molecule has 0 saturated carbocycles. The molecule has 0 radical (unpaired) electrons. The Hall–Kier alpha value is -0.427. The van der Waals surface area contributed by atoms with E-state index in [0.29, 0.717) is 5.92 Å². The fourth-order valence-corrected chi connectivity index (χ4v) is 3.09. The van der Waals surface area contributed by atoms with Gasteiger partial charge < -0.3 is 24.8 Å². The number of hydrogen-bond acceptors (Lipinski definition) is 1. The topological polar surface area (TPSA) is 12.4 Å². The average Bonchev–Trinajstić information content (AvgIpc) is 3.11. The molecule has 0 saturated heterocycles. The molecule has 4 heteroatoms. The van der Waals surface area contributed by atoms with Crippen LogP contribution in [-0.2, 0) is 26.2 Å². The van der Waals surface area contributed by atoms with E-state index in [1.165, 1.54) is 41.6 Å². The number of aliphatic imine (C=N–C) groups is 1. The van der Waals surface area contributed by atoms with Crippen LogP contribution < -0.4 is 24.8 Å². The van der Waals surface area contributed by atoms with Crippen molar-refractivity contribution in [3.05, 3.63) is 70.5 Å². The summed E-state index contributed by atoms with van der Waals surface area (Å²) in [7, 11) is 0. The van der Waals surface area contributed by atoms with Crippen molar-refractivity contribution < 1.29 is 51.0 Å². The molecule has 3 rings (SSSR count). The molecule has 126 valence electrons. The maximum Gasteiger partial charge on any atom is 2.00 e. The molecule has 3 aliphatic rings. The first kappa shape index (κ1) is 23.6. The summed E-state index contributed by atoms with van der Waals surface area (Å²) in [6.45, 7) is 6.52. The third-order valence-electron chi connectivity index (χ3n) is 4.09. The van der Waals surface area contributed by atoms with Crippen molar-refractivity contribution in [3.63, 3.8) is 0 Å². The Morgan fingerprint density at radius 1 is 1.21 bits per heavy atom. The van der Waals surface area contributed by atoms with Crippen LogP contribution in [-0.4, -0.2) is 5.71 Å². The van der Waals surface area contributed by atoms with E-state index in [1.807, 2.05) is 0 Å². The summed E-state index contributed by atoms with van der Waals surface area (Å²) in [5, 5.41) is 0. The third kappa shape index (κ3) is 5.04. The second kappa shape index (κ2) is 10.5. The van der Waals surface area contributed by atoms with Gasteiger partial charge in [-0.2, -0.15) is 0 Å². The number of fused-ring (bicyclic) bond motifs is 1. The Balaban J connectivity index is 0.00000176. The minimum absolute atomic E-state index is 0. The second-order valence-corrected chi connectivity index (χ2v) is 6.19.